The maximum atomic E-state index is 11.4. The summed E-state index contributed by atoms with van der Waals surface area (Å²) in [6.07, 6.45) is 1.63. The van der Waals surface area contributed by atoms with E-state index in [2.05, 4.69) is 10.3 Å². The highest BCUT2D eigenvalue weighted by atomic mass is 16.1. The van der Waals surface area contributed by atoms with Gasteiger partial charge in [0.25, 0.3) is 0 Å². The molecule has 0 aliphatic carbocycles. The number of carbonyl (C=O) groups excluding carboxylic acids is 1. The van der Waals surface area contributed by atoms with Crippen molar-refractivity contribution in [3.05, 3.63) is 35.0 Å². The van der Waals surface area contributed by atoms with Gasteiger partial charge in [0.05, 0.1) is 16.9 Å². The number of aryl methyl sites for hydroxylation is 1. The van der Waals surface area contributed by atoms with Crippen LogP contribution in [0.15, 0.2) is 34.5 Å². The summed E-state index contributed by atoms with van der Waals surface area (Å²) in [6, 6.07) is 5.91. The van der Waals surface area contributed by atoms with Crippen molar-refractivity contribution < 1.29 is 4.79 Å². The molecule has 0 fully saturated rings. The Bertz CT molecular complexity index is 513. The minimum Gasteiger partial charge on any atom is -0.357 e. The topological polar surface area (TPSA) is 41.5 Å². The molecule has 1 N–H and O–H groups in total. The van der Waals surface area contributed by atoms with E-state index in [0.29, 0.717) is 5.57 Å². The van der Waals surface area contributed by atoms with Gasteiger partial charge in [0, 0.05) is 11.9 Å². The number of nitrogens with one attached hydrogen (secondary N) is 1. The van der Waals surface area contributed by atoms with Crippen LogP contribution in [0.1, 0.15) is 19.4 Å². The molecule has 1 heterocycles. The molecule has 1 aliphatic rings. The number of anilines is 1. The average molecular weight is 214 g/mol. The average Bonchev–Trinajstić information content (AvgIpc) is 2.38. The Kier molecular flexibility index (Phi) is 2.60. The van der Waals surface area contributed by atoms with Gasteiger partial charge in [-0.15, -0.1) is 0 Å². The van der Waals surface area contributed by atoms with Crippen molar-refractivity contribution in [1.82, 2.24) is 0 Å². The fourth-order valence-electron chi connectivity index (χ4n) is 1.76. The number of Topliss-reactive ketones (excluding diaryl/α,β-unsaturated/α-hetero) is 1. The van der Waals surface area contributed by atoms with Crippen LogP contribution in [0, 0.1) is 6.92 Å². The molecule has 1 aromatic rings. The summed E-state index contributed by atoms with van der Waals surface area (Å²) < 4.78 is 0. The Balaban J connectivity index is 2.56. The van der Waals surface area contributed by atoms with Crippen LogP contribution in [0.3, 0.4) is 0 Å². The number of para-hydroxylation sites is 1. The first-order valence-electron chi connectivity index (χ1n) is 5.22. The fraction of sp³-hybridized carbons (Fsp3) is 0.231. The highest BCUT2D eigenvalue weighted by molar-refractivity contribution is 6.14. The summed E-state index contributed by atoms with van der Waals surface area (Å²) in [5, 5.41) is 3.26. The lowest BCUT2D eigenvalue weighted by molar-refractivity contribution is -0.113. The molecular weight excluding hydrogens is 200 g/mol. The molecule has 0 aromatic heterocycles. The second-order valence-corrected chi connectivity index (χ2v) is 3.95. The van der Waals surface area contributed by atoms with Crippen molar-refractivity contribution in [2.45, 2.75) is 20.8 Å². The number of ketones is 1. The molecule has 0 atom stereocenters. The van der Waals surface area contributed by atoms with E-state index >= 15 is 0 Å². The Hall–Kier alpha value is -1.90. The molecule has 3 heteroatoms. The molecule has 0 bridgehead atoms. The predicted molar refractivity (Wildman–Crippen MR) is 66.3 cm³/mol. The maximum absolute atomic E-state index is 11.4. The van der Waals surface area contributed by atoms with Crippen molar-refractivity contribution in [3.8, 4) is 0 Å². The number of allylic oxidation sites excluding steroid dienone is 2. The van der Waals surface area contributed by atoms with Crippen molar-refractivity contribution in [3.63, 3.8) is 0 Å². The third kappa shape index (κ3) is 1.76. The maximum Gasteiger partial charge on any atom is 0.163 e. The van der Waals surface area contributed by atoms with E-state index in [1.165, 1.54) is 0 Å². The number of fused-ring (bicyclic) bond motifs is 1. The zero-order valence-electron chi connectivity index (χ0n) is 9.66. The normalized spacial score (nSPS) is 14.2. The van der Waals surface area contributed by atoms with Crippen LogP contribution in [0.4, 0.5) is 11.4 Å². The van der Waals surface area contributed by atoms with Crippen LogP contribution in [0.5, 0.6) is 0 Å². The Morgan fingerprint density at radius 3 is 2.75 bits per heavy atom. The molecule has 0 spiro atoms. The third-order valence-corrected chi connectivity index (χ3v) is 2.68. The second kappa shape index (κ2) is 3.93. The summed E-state index contributed by atoms with van der Waals surface area (Å²) in [7, 11) is 0. The summed E-state index contributed by atoms with van der Waals surface area (Å²) in [6.45, 7) is 5.47. The van der Waals surface area contributed by atoms with Crippen molar-refractivity contribution >= 4 is 23.4 Å². The molecule has 0 saturated heterocycles. The first-order chi connectivity index (χ1) is 7.59. The van der Waals surface area contributed by atoms with Crippen LogP contribution in [-0.2, 0) is 4.79 Å². The Labute approximate surface area is 94.9 Å². The monoisotopic (exact) mass is 214 g/mol. The molecule has 1 aliphatic heterocycles. The zero-order chi connectivity index (χ0) is 11.7. The van der Waals surface area contributed by atoms with Gasteiger partial charge in [0.15, 0.2) is 5.78 Å². The van der Waals surface area contributed by atoms with Crippen LogP contribution in [0.25, 0.3) is 0 Å². The largest absolute Gasteiger partial charge is 0.357 e. The SMILES string of the molecule is CC(=O)C1=C(C)Nc2c(C)cccc2N=C1. The van der Waals surface area contributed by atoms with Crippen molar-refractivity contribution in [2.75, 3.05) is 5.32 Å². The number of nitrogens with zero attached hydrogens (tertiary/aromatic N) is 1. The quantitative estimate of drug-likeness (QED) is 0.780. The lowest BCUT2D eigenvalue weighted by Gasteiger charge is -2.11. The molecule has 0 saturated carbocycles. The molecule has 0 unspecified atom stereocenters. The van der Waals surface area contributed by atoms with Gasteiger partial charge in [0.1, 0.15) is 0 Å². The van der Waals surface area contributed by atoms with Gasteiger partial charge in [-0.2, -0.15) is 0 Å². The lowest BCUT2D eigenvalue weighted by Crippen LogP contribution is -2.06. The van der Waals surface area contributed by atoms with Crippen LogP contribution in [-0.4, -0.2) is 12.0 Å². The lowest BCUT2D eigenvalue weighted by atomic mass is 10.1. The summed E-state index contributed by atoms with van der Waals surface area (Å²) in [5.74, 6) is 0.0270. The summed E-state index contributed by atoms with van der Waals surface area (Å²) in [5.41, 5.74) is 4.46. The van der Waals surface area contributed by atoms with Gasteiger partial charge in [-0.05, 0) is 32.4 Å². The fourth-order valence-corrected chi connectivity index (χ4v) is 1.76. The second-order valence-electron chi connectivity index (χ2n) is 3.95. The molecule has 0 radical (unpaired) electrons. The van der Waals surface area contributed by atoms with Gasteiger partial charge in [-0.25, -0.2) is 0 Å². The van der Waals surface area contributed by atoms with E-state index in [1.807, 2.05) is 32.0 Å². The molecule has 0 amide bonds. The van der Waals surface area contributed by atoms with Crippen LogP contribution >= 0.6 is 0 Å². The van der Waals surface area contributed by atoms with E-state index in [4.69, 9.17) is 0 Å². The van der Waals surface area contributed by atoms with E-state index in [1.54, 1.807) is 13.1 Å². The number of hydrogen-bond acceptors (Lipinski definition) is 3. The van der Waals surface area contributed by atoms with Gasteiger partial charge < -0.3 is 5.32 Å². The molecule has 16 heavy (non-hydrogen) atoms. The Morgan fingerprint density at radius 2 is 2.06 bits per heavy atom. The third-order valence-electron chi connectivity index (χ3n) is 2.68. The van der Waals surface area contributed by atoms with E-state index < -0.39 is 0 Å². The van der Waals surface area contributed by atoms with Gasteiger partial charge in [-0.1, -0.05) is 12.1 Å². The van der Waals surface area contributed by atoms with Gasteiger partial charge >= 0.3 is 0 Å². The highest BCUT2D eigenvalue weighted by Crippen LogP contribution is 2.31. The van der Waals surface area contributed by atoms with E-state index in [9.17, 15) is 4.79 Å². The van der Waals surface area contributed by atoms with Crippen molar-refractivity contribution in [1.29, 1.82) is 0 Å². The van der Waals surface area contributed by atoms with Gasteiger partial charge in [0.2, 0.25) is 0 Å². The number of carbonyl (C=O) groups is 1. The standard InChI is InChI=1S/C13H14N2O/c1-8-5-4-6-12-13(8)15-9(2)11(7-14-12)10(3)16/h4-7,15H,1-3H3. The molecular formula is C13H14N2O. The molecule has 3 nitrogen and oxygen atoms in total. The minimum absolute atomic E-state index is 0.0270. The molecule has 2 rings (SSSR count). The van der Waals surface area contributed by atoms with E-state index in [-0.39, 0.29) is 5.78 Å². The summed E-state index contributed by atoms with van der Waals surface area (Å²) >= 11 is 0. The summed E-state index contributed by atoms with van der Waals surface area (Å²) in [4.78, 5) is 15.7. The first kappa shape index (κ1) is 10.6. The number of rotatable bonds is 1. The smallest absolute Gasteiger partial charge is 0.163 e. The first-order valence-corrected chi connectivity index (χ1v) is 5.22. The van der Waals surface area contributed by atoms with Crippen molar-refractivity contribution in [2.24, 2.45) is 4.99 Å². The predicted octanol–water partition coefficient (Wildman–Crippen LogP) is 2.99. The number of hydrogen-bond donors (Lipinski definition) is 1. The van der Waals surface area contributed by atoms with Crippen LogP contribution < -0.4 is 5.32 Å². The zero-order valence-corrected chi connectivity index (χ0v) is 9.66. The minimum atomic E-state index is 0.0270. The number of aliphatic imine (C=N–C) groups is 1. The highest BCUT2D eigenvalue weighted by Gasteiger charge is 2.13. The Morgan fingerprint density at radius 1 is 1.31 bits per heavy atom. The van der Waals surface area contributed by atoms with Gasteiger partial charge in [-0.3, -0.25) is 9.79 Å². The molecule has 1 aromatic carbocycles. The van der Waals surface area contributed by atoms with Crippen LogP contribution in [0.2, 0.25) is 0 Å². The molecule has 82 valence electrons. The van der Waals surface area contributed by atoms with E-state index in [0.717, 1.165) is 22.6 Å². The number of benzene rings is 1.